The molecular weight excluding hydrogens is 366 g/mol. The van der Waals surface area contributed by atoms with Crippen LogP contribution >= 0.6 is 11.6 Å². The number of hydrogen-bond acceptors (Lipinski definition) is 4. The lowest BCUT2D eigenvalue weighted by molar-refractivity contribution is -0.384. The maximum atomic E-state index is 12.3. The van der Waals surface area contributed by atoms with E-state index in [4.69, 9.17) is 11.6 Å². The Labute approximate surface area is 162 Å². The van der Waals surface area contributed by atoms with E-state index >= 15 is 0 Å². The van der Waals surface area contributed by atoms with E-state index in [1.54, 1.807) is 18.2 Å². The zero-order valence-electron chi connectivity index (χ0n) is 14.8. The van der Waals surface area contributed by atoms with Gasteiger partial charge >= 0.3 is 0 Å². The lowest BCUT2D eigenvalue weighted by Gasteiger charge is -2.34. The van der Waals surface area contributed by atoms with E-state index in [-0.39, 0.29) is 11.6 Å². The highest BCUT2D eigenvalue weighted by molar-refractivity contribution is 6.30. The predicted molar refractivity (Wildman–Crippen MR) is 105 cm³/mol. The van der Waals surface area contributed by atoms with E-state index in [0.29, 0.717) is 13.1 Å². The fourth-order valence-corrected chi connectivity index (χ4v) is 3.08. The average Bonchev–Trinajstić information content (AvgIpc) is 2.69. The summed E-state index contributed by atoms with van der Waals surface area (Å²) in [5.74, 6) is -0.0421. The number of hydrogen-bond donors (Lipinski definition) is 0. The summed E-state index contributed by atoms with van der Waals surface area (Å²) in [7, 11) is 0. The molecule has 0 unspecified atom stereocenters. The van der Waals surface area contributed by atoms with Gasteiger partial charge < -0.3 is 4.90 Å². The molecule has 7 heteroatoms. The van der Waals surface area contributed by atoms with E-state index in [2.05, 4.69) is 4.90 Å². The van der Waals surface area contributed by atoms with E-state index in [0.717, 1.165) is 30.2 Å². The maximum Gasteiger partial charge on any atom is 0.269 e. The first-order valence-corrected chi connectivity index (χ1v) is 9.07. The largest absolute Gasteiger partial charge is 0.337 e. The number of carbonyl (C=O) groups excluding carboxylic acids is 1. The predicted octanol–water partition coefficient (Wildman–Crippen LogP) is 3.61. The third kappa shape index (κ3) is 5.39. The molecule has 3 rings (SSSR count). The lowest BCUT2D eigenvalue weighted by Crippen LogP contribution is -2.47. The SMILES string of the molecule is O=C(/C=C/c1ccc([N+](=O)[O-])cc1)N1CCN(Cc2ccc(Cl)cc2)CC1. The fourth-order valence-electron chi connectivity index (χ4n) is 2.95. The van der Waals surface area contributed by atoms with Crippen LogP contribution in [-0.4, -0.2) is 46.8 Å². The van der Waals surface area contributed by atoms with Crippen molar-refractivity contribution in [1.82, 2.24) is 9.80 Å². The Balaban J connectivity index is 1.49. The summed E-state index contributed by atoms with van der Waals surface area (Å²) < 4.78 is 0. The summed E-state index contributed by atoms with van der Waals surface area (Å²) >= 11 is 5.91. The van der Waals surface area contributed by atoms with Crippen molar-refractivity contribution in [2.75, 3.05) is 26.2 Å². The van der Waals surface area contributed by atoms with E-state index in [1.165, 1.54) is 23.8 Å². The molecule has 27 heavy (non-hydrogen) atoms. The first kappa shape index (κ1) is 19.1. The highest BCUT2D eigenvalue weighted by Crippen LogP contribution is 2.15. The van der Waals surface area contributed by atoms with Crippen LogP contribution in [0.2, 0.25) is 5.02 Å². The van der Waals surface area contributed by atoms with Gasteiger partial charge in [-0.05, 0) is 41.5 Å². The van der Waals surface area contributed by atoms with Crippen LogP contribution in [0.4, 0.5) is 5.69 Å². The summed E-state index contributed by atoms with van der Waals surface area (Å²) in [6, 6.07) is 13.9. The number of benzene rings is 2. The number of rotatable bonds is 5. The molecule has 0 spiro atoms. The topological polar surface area (TPSA) is 66.7 Å². The van der Waals surface area contributed by atoms with Crippen LogP contribution in [0.1, 0.15) is 11.1 Å². The van der Waals surface area contributed by atoms with Crippen LogP contribution in [-0.2, 0) is 11.3 Å². The zero-order chi connectivity index (χ0) is 19.2. The molecule has 1 saturated heterocycles. The van der Waals surface area contributed by atoms with Crippen molar-refractivity contribution in [2.45, 2.75) is 6.54 Å². The van der Waals surface area contributed by atoms with Crippen LogP contribution in [0.15, 0.2) is 54.6 Å². The second-order valence-electron chi connectivity index (χ2n) is 6.41. The molecular formula is C20H20ClN3O3. The van der Waals surface area contributed by atoms with Gasteiger partial charge in [-0.1, -0.05) is 23.7 Å². The minimum Gasteiger partial charge on any atom is -0.337 e. The second-order valence-corrected chi connectivity index (χ2v) is 6.85. The molecule has 0 radical (unpaired) electrons. The Bertz CT molecular complexity index is 827. The van der Waals surface area contributed by atoms with E-state index < -0.39 is 4.92 Å². The summed E-state index contributed by atoms with van der Waals surface area (Å²) in [6.07, 6.45) is 3.21. The third-order valence-corrected chi connectivity index (χ3v) is 4.78. The fraction of sp³-hybridized carbons (Fsp3) is 0.250. The molecule has 0 saturated carbocycles. The smallest absolute Gasteiger partial charge is 0.269 e. The summed E-state index contributed by atoms with van der Waals surface area (Å²) in [4.78, 5) is 26.7. The van der Waals surface area contributed by atoms with Crippen LogP contribution < -0.4 is 0 Å². The number of halogens is 1. The van der Waals surface area contributed by atoms with Gasteiger partial charge in [0.25, 0.3) is 5.69 Å². The number of piperazine rings is 1. The van der Waals surface area contributed by atoms with Crippen molar-refractivity contribution < 1.29 is 9.72 Å². The van der Waals surface area contributed by atoms with Crippen molar-refractivity contribution in [3.05, 3.63) is 80.9 Å². The quantitative estimate of drug-likeness (QED) is 0.448. The van der Waals surface area contributed by atoms with Crippen LogP contribution in [0.25, 0.3) is 6.08 Å². The van der Waals surface area contributed by atoms with Gasteiger partial charge in [-0.15, -0.1) is 0 Å². The molecule has 140 valence electrons. The Morgan fingerprint density at radius 3 is 2.26 bits per heavy atom. The molecule has 1 fully saturated rings. The van der Waals surface area contributed by atoms with Crippen molar-refractivity contribution in [3.8, 4) is 0 Å². The van der Waals surface area contributed by atoms with Crippen LogP contribution in [0.5, 0.6) is 0 Å². The van der Waals surface area contributed by atoms with Crippen LogP contribution in [0, 0.1) is 10.1 Å². The van der Waals surface area contributed by atoms with Crippen molar-refractivity contribution in [3.63, 3.8) is 0 Å². The minimum absolute atomic E-state index is 0.0373. The van der Waals surface area contributed by atoms with Crippen LogP contribution in [0.3, 0.4) is 0 Å². The van der Waals surface area contributed by atoms with Gasteiger partial charge in [-0.3, -0.25) is 19.8 Å². The van der Waals surface area contributed by atoms with Gasteiger partial charge in [0.1, 0.15) is 0 Å². The molecule has 1 aliphatic rings. The molecule has 0 atom stereocenters. The molecule has 0 N–H and O–H groups in total. The molecule has 6 nitrogen and oxygen atoms in total. The lowest BCUT2D eigenvalue weighted by atomic mass is 10.2. The first-order valence-electron chi connectivity index (χ1n) is 8.69. The Kier molecular flexibility index (Phi) is 6.21. The number of carbonyl (C=O) groups is 1. The molecule has 1 heterocycles. The normalized spacial score (nSPS) is 15.2. The highest BCUT2D eigenvalue weighted by atomic mass is 35.5. The molecule has 2 aromatic rings. The number of non-ortho nitro benzene ring substituents is 1. The standard InChI is InChI=1S/C20H20ClN3O3/c21-18-6-1-17(2-7-18)15-22-11-13-23(14-12-22)20(25)10-5-16-3-8-19(9-4-16)24(26)27/h1-10H,11-15H2/b10-5+. The number of nitro groups is 1. The summed E-state index contributed by atoms with van der Waals surface area (Å²) in [5.41, 5.74) is 2.00. The zero-order valence-corrected chi connectivity index (χ0v) is 15.5. The highest BCUT2D eigenvalue weighted by Gasteiger charge is 2.19. The first-order chi connectivity index (χ1) is 13.0. The summed E-state index contributed by atoms with van der Waals surface area (Å²) in [5, 5.41) is 11.4. The third-order valence-electron chi connectivity index (χ3n) is 4.53. The monoisotopic (exact) mass is 385 g/mol. The van der Waals surface area contributed by atoms with Gasteiger partial charge in [-0.25, -0.2) is 0 Å². The Morgan fingerprint density at radius 1 is 1.04 bits per heavy atom. The Morgan fingerprint density at radius 2 is 1.67 bits per heavy atom. The second kappa shape index (κ2) is 8.79. The molecule has 1 aliphatic heterocycles. The van der Waals surface area contributed by atoms with Crippen molar-refractivity contribution >= 4 is 29.3 Å². The number of nitro benzene ring substituents is 1. The molecule has 0 aromatic heterocycles. The van der Waals surface area contributed by atoms with Crippen molar-refractivity contribution in [1.29, 1.82) is 0 Å². The van der Waals surface area contributed by atoms with Gasteiger partial charge in [0.05, 0.1) is 4.92 Å². The Hall–Kier alpha value is -2.70. The van der Waals surface area contributed by atoms with Gasteiger partial charge in [0.15, 0.2) is 0 Å². The average molecular weight is 386 g/mol. The molecule has 0 aliphatic carbocycles. The van der Waals surface area contributed by atoms with Gasteiger partial charge in [0.2, 0.25) is 5.91 Å². The van der Waals surface area contributed by atoms with Gasteiger partial charge in [-0.2, -0.15) is 0 Å². The number of amides is 1. The van der Waals surface area contributed by atoms with E-state index in [1.807, 2.05) is 29.2 Å². The molecule has 2 aromatic carbocycles. The summed E-state index contributed by atoms with van der Waals surface area (Å²) in [6.45, 7) is 3.84. The number of nitrogens with zero attached hydrogens (tertiary/aromatic N) is 3. The molecule has 0 bridgehead atoms. The molecule has 1 amide bonds. The maximum absolute atomic E-state index is 12.3. The van der Waals surface area contributed by atoms with Crippen molar-refractivity contribution in [2.24, 2.45) is 0 Å². The minimum atomic E-state index is -0.442. The van der Waals surface area contributed by atoms with Gasteiger partial charge in [0, 0.05) is 56.0 Å². The van der Waals surface area contributed by atoms with E-state index in [9.17, 15) is 14.9 Å².